The van der Waals surface area contributed by atoms with E-state index in [1.165, 1.54) is 19.6 Å². The predicted octanol–water partition coefficient (Wildman–Crippen LogP) is 2.54. The third-order valence-corrected chi connectivity index (χ3v) is 4.45. The van der Waals surface area contributed by atoms with Crippen LogP contribution in [0, 0.1) is 0 Å². The van der Waals surface area contributed by atoms with Gasteiger partial charge in [-0.25, -0.2) is 19.6 Å². The van der Waals surface area contributed by atoms with Crippen molar-refractivity contribution in [2.24, 2.45) is 0 Å². The molecule has 0 fully saturated rings. The molecular formula is C21H22N8O3. The van der Waals surface area contributed by atoms with E-state index in [0.717, 1.165) is 11.4 Å². The zero-order chi connectivity index (χ0) is 22.5. The minimum absolute atomic E-state index is 0.0820. The van der Waals surface area contributed by atoms with Crippen LogP contribution in [0.1, 0.15) is 31.2 Å². The van der Waals surface area contributed by atoms with Gasteiger partial charge in [0.2, 0.25) is 11.8 Å². The summed E-state index contributed by atoms with van der Waals surface area (Å²) in [4.78, 5) is 29.4. The number of aromatic nitrogens is 7. The predicted molar refractivity (Wildman–Crippen MR) is 114 cm³/mol. The van der Waals surface area contributed by atoms with Crippen LogP contribution in [0.2, 0.25) is 0 Å². The summed E-state index contributed by atoms with van der Waals surface area (Å²) in [5.74, 6) is 0.321. The molecule has 4 rings (SSSR count). The van der Waals surface area contributed by atoms with Gasteiger partial charge in [0.15, 0.2) is 0 Å². The van der Waals surface area contributed by atoms with E-state index < -0.39 is 0 Å². The third kappa shape index (κ3) is 5.01. The third-order valence-electron chi connectivity index (χ3n) is 4.45. The SMILES string of the molecule is COCC(=O)Nc1nc(-c2cn(Cc3cccc(C(C)C)n3)nn2)cc(-c2ncco2)n1. The fraction of sp³-hybridized carbons (Fsp3) is 0.286. The van der Waals surface area contributed by atoms with Gasteiger partial charge in [0.1, 0.15) is 24.3 Å². The minimum atomic E-state index is -0.386. The highest BCUT2D eigenvalue weighted by Crippen LogP contribution is 2.23. The number of hydrogen-bond acceptors (Lipinski definition) is 9. The summed E-state index contributed by atoms with van der Waals surface area (Å²) in [6, 6.07) is 7.61. The summed E-state index contributed by atoms with van der Waals surface area (Å²) in [5.41, 5.74) is 3.25. The van der Waals surface area contributed by atoms with E-state index in [9.17, 15) is 4.79 Å². The maximum absolute atomic E-state index is 11.9. The first-order valence-corrected chi connectivity index (χ1v) is 9.96. The minimum Gasteiger partial charge on any atom is -0.443 e. The Balaban J connectivity index is 1.63. The van der Waals surface area contributed by atoms with Crippen LogP contribution < -0.4 is 5.32 Å². The molecule has 1 N–H and O–H groups in total. The van der Waals surface area contributed by atoms with Crippen molar-refractivity contribution in [2.45, 2.75) is 26.3 Å². The molecule has 0 saturated carbocycles. The molecule has 0 radical (unpaired) electrons. The van der Waals surface area contributed by atoms with Gasteiger partial charge < -0.3 is 9.15 Å². The zero-order valence-corrected chi connectivity index (χ0v) is 17.9. The number of pyridine rings is 1. The highest BCUT2D eigenvalue weighted by atomic mass is 16.5. The Hall–Kier alpha value is -3.99. The van der Waals surface area contributed by atoms with Gasteiger partial charge in [0.25, 0.3) is 5.91 Å². The molecule has 0 aliphatic heterocycles. The number of nitrogens with one attached hydrogen (secondary N) is 1. The van der Waals surface area contributed by atoms with Gasteiger partial charge in [-0.1, -0.05) is 25.1 Å². The van der Waals surface area contributed by atoms with E-state index in [1.54, 1.807) is 16.9 Å². The molecule has 32 heavy (non-hydrogen) atoms. The van der Waals surface area contributed by atoms with Crippen molar-refractivity contribution < 1.29 is 13.9 Å². The summed E-state index contributed by atoms with van der Waals surface area (Å²) in [5, 5.41) is 11.0. The van der Waals surface area contributed by atoms with Crippen LogP contribution >= 0.6 is 0 Å². The van der Waals surface area contributed by atoms with Crippen LogP contribution in [0.3, 0.4) is 0 Å². The highest BCUT2D eigenvalue weighted by molar-refractivity contribution is 5.90. The van der Waals surface area contributed by atoms with Gasteiger partial charge in [0.05, 0.1) is 30.3 Å². The van der Waals surface area contributed by atoms with E-state index in [1.807, 2.05) is 18.2 Å². The van der Waals surface area contributed by atoms with Crippen LogP contribution in [0.25, 0.3) is 23.0 Å². The number of anilines is 1. The van der Waals surface area contributed by atoms with Crippen LogP contribution in [0.15, 0.2) is 47.3 Å². The number of amides is 1. The topological polar surface area (TPSA) is 134 Å². The molecule has 0 aliphatic rings. The molecule has 0 unspecified atom stereocenters. The molecule has 164 valence electrons. The monoisotopic (exact) mass is 434 g/mol. The molecule has 4 aromatic rings. The molecule has 0 bridgehead atoms. The molecule has 0 atom stereocenters. The normalized spacial score (nSPS) is 11.1. The number of nitrogens with zero attached hydrogens (tertiary/aromatic N) is 7. The van der Waals surface area contributed by atoms with Gasteiger partial charge in [-0.05, 0) is 24.1 Å². The largest absolute Gasteiger partial charge is 0.443 e. The highest BCUT2D eigenvalue weighted by Gasteiger charge is 2.15. The lowest BCUT2D eigenvalue weighted by Crippen LogP contribution is -2.19. The molecule has 4 heterocycles. The lowest BCUT2D eigenvalue weighted by Gasteiger charge is -2.07. The Kier molecular flexibility index (Phi) is 6.26. The number of methoxy groups -OCH3 is 1. The van der Waals surface area contributed by atoms with E-state index in [-0.39, 0.29) is 24.4 Å². The van der Waals surface area contributed by atoms with Crippen LogP contribution in [0.5, 0.6) is 0 Å². The van der Waals surface area contributed by atoms with Gasteiger partial charge in [0, 0.05) is 12.8 Å². The summed E-state index contributed by atoms with van der Waals surface area (Å²) in [6.45, 7) is 4.54. The molecule has 11 heteroatoms. The molecule has 0 saturated heterocycles. The molecule has 0 spiro atoms. The van der Waals surface area contributed by atoms with Gasteiger partial charge in [-0.2, -0.15) is 0 Å². The van der Waals surface area contributed by atoms with Crippen molar-refractivity contribution >= 4 is 11.9 Å². The Morgan fingerprint density at radius 3 is 2.78 bits per heavy atom. The quantitative estimate of drug-likeness (QED) is 0.444. The molecule has 11 nitrogen and oxygen atoms in total. The van der Waals surface area contributed by atoms with Crippen molar-refractivity contribution in [1.29, 1.82) is 0 Å². The molecule has 0 aliphatic carbocycles. The van der Waals surface area contributed by atoms with E-state index in [4.69, 9.17) is 9.15 Å². The summed E-state index contributed by atoms with van der Waals surface area (Å²) >= 11 is 0. The fourth-order valence-electron chi connectivity index (χ4n) is 2.95. The average Bonchev–Trinajstić information content (AvgIpc) is 3.46. The van der Waals surface area contributed by atoms with Crippen LogP contribution in [0.4, 0.5) is 5.95 Å². The van der Waals surface area contributed by atoms with E-state index in [0.29, 0.717) is 29.5 Å². The molecule has 1 amide bonds. The second kappa shape index (κ2) is 9.43. The van der Waals surface area contributed by atoms with Crippen molar-refractivity contribution in [3.05, 3.63) is 54.3 Å². The van der Waals surface area contributed by atoms with Gasteiger partial charge in [-0.15, -0.1) is 5.10 Å². The van der Waals surface area contributed by atoms with Crippen molar-refractivity contribution in [1.82, 2.24) is 34.9 Å². The Labute approximate surface area is 183 Å². The second-order valence-electron chi connectivity index (χ2n) is 7.29. The van der Waals surface area contributed by atoms with E-state index >= 15 is 0 Å². The zero-order valence-electron chi connectivity index (χ0n) is 17.9. The van der Waals surface area contributed by atoms with E-state index in [2.05, 4.69) is 49.4 Å². The Bertz CT molecular complexity index is 1200. The second-order valence-corrected chi connectivity index (χ2v) is 7.29. The van der Waals surface area contributed by atoms with Crippen LogP contribution in [-0.4, -0.2) is 54.6 Å². The number of ether oxygens (including phenoxy) is 1. The maximum atomic E-state index is 11.9. The summed E-state index contributed by atoms with van der Waals surface area (Å²) in [6.07, 6.45) is 4.70. The smallest absolute Gasteiger partial charge is 0.252 e. The average molecular weight is 434 g/mol. The van der Waals surface area contributed by atoms with Crippen molar-refractivity contribution in [2.75, 3.05) is 19.0 Å². The van der Waals surface area contributed by atoms with Crippen molar-refractivity contribution in [3.8, 4) is 23.0 Å². The summed E-state index contributed by atoms with van der Waals surface area (Å²) in [7, 11) is 1.43. The number of carbonyl (C=O) groups is 1. The lowest BCUT2D eigenvalue weighted by atomic mass is 10.1. The number of oxazole rings is 1. The molecule has 0 aromatic carbocycles. The standard InChI is InChI=1S/C21H22N8O3/c1-13(2)15-6-4-5-14(23-15)10-29-11-18(27-28-29)16-9-17(20-22-7-8-32-20)25-21(24-16)26-19(30)12-31-3/h4-9,11,13H,10,12H2,1-3H3,(H,24,25,26,30). The number of rotatable bonds is 8. The Morgan fingerprint density at radius 2 is 2.03 bits per heavy atom. The van der Waals surface area contributed by atoms with Crippen LogP contribution in [-0.2, 0) is 16.1 Å². The number of hydrogen-bond donors (Lipinski definition) is 1. The Morgan fingerprint density at radius 1 is 1.19 bits per heavy atom. The number of carbonyl (C=O) groups excluding carboxylic acids is 1. The van der Waals surface area contributed by atoms with Gasteiger partial charge >= 0.3 is 0 Å². The van der Waals surface area contributed by atoms with Crippen molar-refractivity contribution in [3.63, 3.8) is 0 Å². The fourth-order valence-corrected chi connectivity index (χ4v) is 2.95. The maximum Gasteiger partial charge on any atom is 0.252 e. The molecule has 4 aromatic heterocycles. The first kappa shape index (κ1) is 21.2. The molecular weight excluding hydrogens is 412 g/mol. The lowest BCUT2D eigenvalue weighted by molar-refractivity contribution is -0.119. The van der Waals surface area contributed by atoms with Gasteiger partial charge in [-0.3, -0.25) is 15.1 Å². The first-order valence-electron chi connectivity index (χ1n) is 9.96. The summed E-state index contributed by atoms with van der Waals surface area (Å²) < 4.78 is 11.9. The first-order chi connectivity index (χ1) is 15.5.